The molecule has 1 amide bonds. The van der Waals surface area contributed by atoms with Crippen molar-refractivity contribution in [3.8, 4) is 0 Å². The first-order chi connectivity index (χ1) is 11.9. The number of hydrogen-bond acceptors (Lipinski definition) is 5. The van der Waals surface area contributed by atoms with Crippen molar-refractivity contribution in [2.75, 3.05) is 18.4 Å². The number of rotatable bonds is 4. The van der Waals surface area contributed by atoms with Gasteiger partial charge in [0.1, 0.15) is 5.82 Å². The third-order valence-corrected chi connectivity index (χ3v) is 4.89. The van der Waals surface area contributed by atoms with Gasteiger partial charge in [-0.2, -0.15) is 0 Å². The van der Waals surface area contributed by atoms with Crippen molar-refractivity contribution in [2.45, 2.75) is 39.5 Å². The van der Waals surface area contributed by atoms with Gasteiger partial charge in [-0.05, 0) is 38.5 Å². The van der Waals surface area contributed by atoms with Crippen molar-refractivity contribution >= 4 is 22.4 Å². The van der Waals surface area contributed by atoms with Crippen molar-refractivity contribution in [3.05, 3.63) is 46.2 Å². The Balaban J connectivity index is 1.61. The number of nitrogens with one attached hydrogen (secondary N) is 1. The number of aromatic nitrogens is 1. The molecule has 5 nitrogen and oxygen atoms in total. The molecule has 1 aromatic carbocycles. The van der Waals surface area contributed by atoms with Crippen LogP contribution in [0.1, 0.15) is 35.5 Å². The molecule has 134 valence electrons. The number of amides is 1. The van der Waals surface area contributed by atoms with Gasteiger partial charge in [-0.25, -0.2) is 9.37 Å². The smallest absolute Gasteiger partial charge is 0.257 e. The fraction of sp³-hybridized carbons (Fsp3) is 0.444. The van der Waals surface area contributed by atoms with Crippen LogP contribution in [0.15, 0.2) is 23.6 Å². The zero-order valence-corrected chi connectivity index (χ0v) is 15.4. The lowest BCUT2D eigenvalue weighted by molar-refractivity contribution is -0.0707. The van der Waals surface area contributed by atoms with Gasteiger partial charge < -0.3 is 4.74 Å². The molecule has 0 spiro atoms. The van der Waals surface area contributed by atoms with Gasteiger partial charge in [-0.15, -0.1) is 11.3 Å². The molecular weight excluding hydrogens is 341 g/mol. The Morgan fingerprint density at radius 1 is 1.40 bits per heavy atom. The molecule has 0 radical (unpaired) electrons. The van der Waals surface area contributed by atoms with Crippen molar-refractivity contribution in [3.63, 3.8) is 0 Å². The summed E-state index contributed by atoms with van der Waals surface area (Å²) in [5.41, 5.74) is 1.72. The van der Waals surface area contributed by atoms with Crippen molar-refractivity contribution in [1.29, 1.82) is 0 Å². The molecule has 0 aliphatic carbocycles. The van der Waals surface area contributed by atoms with Gasteiger partial charge >= 0.3 is 0 Å². The van der Waals surface area contributed by atoms with Crippen molar-refractivity contribution in [1.82, 2.24) is 9.88 Å². The summed E-state index contributed by atoms with van der Waals surface area (Å²) in [6.45, 7) is 8.26. The fourth-order valence-electron chi connectivity index (χ4n) is 2.98. The molecule has 2 aromatic rings. The van der Waals surface area contributed by atoms with Gasteiger partial charge in [0.05, 0.1) is 17.9 Å². The summed E-state index contributed by atoms with van der Waals surface area (Å²) in [5.74, 6) is -0.739. The standard InChI is InChI=1S/C18H22FN3O2S/c1-11-4-5-14(6-16(11)19)17(23)21-18-20-15(10-25-18)9-22-7-12(2)24-13(3)8-22/h4-6,10,12-13H,7-9H2,1-3H3,(H,20,21,23)/t12-,13+. The Morgan fingerprint density at radius 2 is 2.12 bits per heavy atom. The molecule has 2 heterocycles. The summed E-state index contributed by atoms with van der Waals surface area (Å²) >= 11 is 1.38. The topological polar surface area (TPSA) is 54.5 Å². The summed E-state index contributed by atoms with van der Waals surface area (Å²) in [7, 11) is 0. The van der Waals surface area contributed by atoms with Gasteiger partial charge in [0.2, 0.25) is 0 Å². The first-order valence-corrected chi connectivity index (χ1v) is 9.18. The van der Waals surface area contributed by atoms with E-state index in [1.165, 1.54) is 17.4 Å². The van der Waals surface area contributed by atoms with Gasteiger partial charge in [-0.1, -0.05) is 6.07 Å². The summed E-state index contributed by atoms with van der Waals surface area (Å²) in [6, 6.07) is 4.45. The highest BCUT2D eigenvalue weighted by molar-refractivity contribution is 7.13. The second kappa shape index (κ2) is 7.59. The minimum atomic E-state index is -0.386. The van der Waals surface area contributed by atoms with Gasteiger partial charge in [-0.3, -0.25) is 15.0 Å². The summed E-state index contributed by atoms with van der Waals surface area (Å²) < 4.78 is 19.3. The Bertz CT molecular complexity index is 755. The van der Waals surface area contributed by atoms with Crippen LogP contribution in [-0.4, -0.2) is 41.1 Å². The number of anilines is 1. The Labute approximate surface area is 150 Å². The second-order valence-electron chi connectivity index (χ2n) is 6.51. The molecule has 1 N–H and O–H groups in total. The molecule has 0 unspecified atom stereocenters. The van der Waals surface area contributed by atoms with E-state index in [2.05, 4.69) is 29.0 Å². The van der Waals surface area contributed by atoms with Crippen molar-refractivity contribution in [2.24, 2.45) is 0 Å². The van der Waals surface area contributed by atoms with E-state index in [4.69, 9.17) is 4.74 Å². The number of benzene rings is 1. The molecule has 1 saturated heterocycles. The van der Waals surface area contributed by atoms with Crippen LogP contribution in [0.2, 0.25) is 0 Å². The Morgan fingerprint density at radius 3 is 2.80 bits per heavy atom. The zero-order chi connectivity index (χ0) is 18.0. The monoisotopic (exact) mass is 363 g/mol. The molecule has 2 atom stereocenters. The van der Waals surface area contributed by atoms with Crippen LogP contribution in [-0.2, 0) is 11.3 Å². The van der Waals surface area contributed by atoms with E-state index >= 15 is 0 Å². The average molecular weight is 363 g/mol. The van der Waals surface area contributed by atoms with E-state index in [1.54, 1.807) is 19.1 Å². The number of morpholine rings is 1. The Kier molecular flexibility index (Phi) is 5.46. The van der Waals surface area contributed by atoms with Gasteiger partial charge in [0.15, 0.2) is 5.13 Å². The number of hydrogen-bond donors (Lipinski definition) is 1. The van der Waals surface area contributed by atoms with Gasteiger partial charge in [0.25, 0.3) is 5.91 Å². The van der Waals surface area contributed by atoms with Crippen LogP contribution in [0, 0.1) is 12.7 Å². The van der Waals surface area contributed by atoms with E-state index in [9.17, 15) is 9.18 Å². The van der Waals surface area contributed by atoms with E-state index in [-0.39, 0.29) is 29.5 Å². The minimum absolute atomic E-state index is 0.206. The molecule has 0 bridgehead atoms. The first kappa shape index (κ1) is 18.0. The SMILES string of the molecule is Cc1ccc(C(=O)Nc2nc(CN3C[C@@H](C)O[C@@H](C)C3)cs2)cc1F. The highest BCUT2D eigenvalue weighted by Gasteiger charge is 2.22. The first-order valence-electron chi connectivity index (χ1n) is 8.30. The molecule has 7 heteroatoms. The van der Waals surface area contributed by atoms with Gasteiger partial charge in [0, 0.05) is 30.6 Å². The summed E-state index contributed by atoms with van der Waals surface area (Å²) in [4.78, 5) is 19.0. The fourth-order valence-corrected chi connectivity index (χ4v) is 3.68. The molecule has 25 heavy (non-hydrogen) atoms. The number of ether oxygens (including phenoxy) is 1. The molecule has 1 fully saturated rings. The maximum absolute atomic E-state index is 13.6. The van der Waals surface area contributed by atoms with E-state index in [1.807, 2.05) is 5.38 Å². The predicted molar refractivity (Wildman–Crippen MR) is 96.5 cm³/mol. The van der Waals surface area contributed by atoms with Crippen molar-refractivity contribution < 1.29 is 13.9 Å². The van der Waals surface area contributed by atoms with E-state index < -0.39 is 0 Å². The largest absolute Gasteiger partial charge is 0.373 e. The third-order valence-electron chi connectivity index (χ3n) is 4.09. The minimum Gasteiger partial charge on any atom is -0.373 e. The highest BCUT2D eigenvalue weighted by Crippen LogP contribution is 2.20. The maximum Gasteiger partial charge on any atom is 0.257 e. The average Bonchev–Trinajstić information content (AvgIpc) is 2.95. The van der Waals surface area contributed by atoms with E-state index in [0.717, 1.165) is 25.3 Å². The molecule has 3 rings (SSSR count). The summed E-state index contributed by atoms with van der Waals surface area (Å²) in [6.07, 6.45) is 0.413. The van der Waals surface area contributed by atoms with Crippen LogP contribution >= 0.6 is 11.3 Å². The van der Waals surface area contributed by atoms with Crippen LogP contribution < -0.4 is 5.32 Å². The lowest BCUT2D eigenvalue weighted by atomic mass is 10.1. The van der Waals surface area contributed by atoms with Crippen LogP contribution in [0.3, 0.4) is 0 Å². The predicted octanol–water partition coefficient (Wildman–Crippen LogP) is 3.45. The van der Waals surface area contributed by atoms with E-state index in [0.29, 0.717) is 10.7 Å². The van der Waals surface area contributed by atoms with Crippen LogP contribution in [0.25, 0.3) is 0 Å². The lowest BCUT2D eigenvalue weighted by Crippen LogP contribution is -2.44. The van der Waals surface area contributed by atoms with Crippen LogP contribution in [0.5, 0.6) is 0 Å². The molecule has 0 saturated carbocycles. The summed E-state index contributed by atoms with van der Waals surface area (Å²) in [5, 5.41) is 5.20. The highest BCUT2D eigenvalue weighted by atomic mass is 32.1. The number of carbonyl (C=O) groups is 1. The molecular formula is C18H22FN3O2S. The number of aryl methyl sites for hydroxylation is 1. The maximum atomic E-state index is 13.6. The normalized spacial score (nSPS) is 21.3. The molecule has 1 aromatic heterocycles. The molecule has 1 aliphatic rings. The lowest BCUT2D eigenvalue weighted by Gasteiger charge is -2.34. The molecule has 1 aliphatic heterocycles. The Hall–Kier alpha value is -1.83. The number of thiazole rings is 1. The number of halogens is 1. The second-order valence-corrected chi connectivity index (χ2v) is 7.37. The number of nitrogens with zero attached hydrogens (tertiary/aromatic N) is 2. The quantitative estimate of drug-likeness (QED) is 0.904. The third kappa shape index (κ3) is 4.62. The zero-order valence-electron chi connectivity index (χ0n) is 14.6. The van der Waals surface area contributed by atoms with Crippen LogP contribution in [0.4, 0.5) is 9.52 Å². The number of carbonyl (C=O) groups excluding carboxylic acids is 1.